The van der Waals surface area contributed by atoms with Crippen LogP contribution in [0, 0.1) is 0 Å². The van der Waals surface area contributed by atoms with Crippen LogP contribution in [0.2, 0.25) is 0 Å². The van der Waals surface area contributed by atoms with Crippen LogP contribution >= 0.6 is 15.9 Å². The highest BCUT2D eigenvalue weighted by molar-refractivity contribution is 9.10. The molecule has 1 aliphatic rings. The summed E-state index contributed by atoms with van der Waals surface area (Å²) in [6, 6.07) is 5.58. The van der Waals surface area contributed by atoms with Crippen molar-refractivity contribution in [2.75, 3.05) is 27.2 Å². The number of nitrogens with zero attached hydrogens (tertiary/aromatic N) is 2. The van der Waals surface area contributed by atoms with Crippen molar-refractivity contribution >= 4 is 26.0 Å². The standard InChI is InChI=1S/C16H25BrN2O3S/c1-12(2)19-9-7-14(8-10-19)18(3)23(20,21)16-11-13(17)5-6-15(16)22-4/h5-6,11-12,14H,7-10H2,1-4H3. The van der Waals surface area contributed by atoms with E-state index in [9.17, 15) is 8.42 Å². The number of hydrogen-bond acceptors (Lipinski definition) is 4. The van der Waals surface area contributed by atoms with Gasteiger partial charge in [0.05, 0.1) is 7.11 Å². The average Bonchev–Trinajstić information content (AvgIpc) is 2.54. The van der Waals surface area contributed by atoms with E-state index >= 15 is 0 Å². The molecule has 0 amide bonds. The van der Waals surface area contributed by atoms with Crippen molar-refractivity contribution in [3.05, 3.63) is 22.7 Å². The van der Waals surface area contributed by atoms with Gasteiger partial charge < -0.3 is 9.64 Å². The molecule has 2 rings (SSSR count). The second kappa shape index (κ2) is 7.51. The monoisotopic (exact) mass is 404 g/mol. The maximum Gasteiger partial charge on any atom is 0.246 e. The van der Waals surface area contributed by atoms with E-state index in [1.54, 1.807) is 25.2 Å². The lowest BCUT2D eigenvalue weighted by Gasteiger charge is -2.38. The third-order valence-electron chi connectivity index (χ3n) is 4.53. The summed E-state index contributed by atoms with van der Waals surface area (Å²) in [5.41, 5.74) is 0. The molecule has 1 aromatic carbocycles. The van der Waals surface area contributed by atoms with Gasteiger partial charge in [-0.3, -0.25) is 0 Å². The average molecular weight is 405 g/mol. The number of methoxy groups -OCH3 is 1. The number of hydrogen-bond donors (Lipinski definition) is 0. The fourth-order valence-electron chi connectivity index (χ4n) is 2.97. The summed E-state index contributed by atoms with van der Waals surface area (Å²) in [5, 5.41) is 0. The minimum absolute atomic E-state index is 0.0266. The lowest BCUT2D eigenvalue weighted by molar-refractivity contribution is 0.140. The van der Waals surface area contributed by atoms with Gasteiger partial charge in [-0.25, -0.2) is 8.42 Å². The van der Waals surface area contributed by atoms with Crippen molar-refractivity contribution < 1.29 is 13.2 Å². The van der Waals surface area contributed by atoms with Gasteiger partial charge in [0.25, 0.3) is 0 Å². The van der Waals surface area contributed by atoms with Crippen LogP contribution in [0.5, 0.6) is 5.75 Å². The summed E-state index contributed by atoms with van der Waals surface area (Å²) in [7, 11) is -0.420. The van der Waals surface area contributed by atoms with Crippen molar-refractivity contribution in [2.24, 2.45) is 0 Å². The number of piperidine rings is 1. The molecular formula is C16H25BrN2O3S. The highest BCUT2D eigenvalue weighted by Crippen LogP contribution is 2.31. The molecule has 23 heavy (non-hydrogen) atoms. The maximum absolute atomic E-state index is 13.0. The summed E-state index contributed by atoms with van der Waals surface area (Å²) >= 11 is 3.34. The predicted octanol–water partition coefficient (Wildman–Crippen LogP) is 2.95. The lowest BCUT2D eigenvalue weighted by atomic mass is 10.0. The third-order valence-corrected chi connectivity index (χ3v) is 6.95. The molecule has 1 saturated heterocycles. The second-order valence-corrected chi connectivity index (χ2v) is 9.06. The highest BCUT2D eigenvalue weighted by Gasteiger charge is 2.33. The maximum atomic E-state index is 13.0. The molecule has 7 heteroatoms. The highest BCUT2D eigenvalue weighted by atomic mass is 79.9. The Morgan fingerprint density at radius 3 is 2.43 bits per heavy atom. The summed E-state index contributed by atoms with van der Waals surface area (Å²) in [5.74, 6) is 0.375. The Hall–Kier alpha value is -0.630. The normalized spacial score (nSPS) is 17.9. The van der Waals surface area contributed by atoms with Crippen molar-refractivity contribution in [3.63, 3.8) is 0 Å². The van der Waals surface area contributed by atoms with E-state index in [-0.39, 0.29) is 10.9 Å². The molecule has 5 nitrogen and oxygen atoms in total. The largest absolute Gasteiger partial charge is 0.495 e. The Kier molecular flexibility index (Phi) is 6.10. The van der Waals surface area contributed by atoms with Gasteiger partial charge in [0.2, 0.25) is 10.0 Å². The zero-order valence-electron chi connectivity index (χ0n) is 14.1. The number of sulfonamides is 1. The van der Waals surface area contributed by atoms with Crippen LogP contribution in [0.3, 0.4) is 0 Å². The first-order valence-corrected chi connectivity index (χ1v) is 10.1. The van der Waals surface area contributed by atoms with Gasteiger partial charge in [0.15, 0.2) is 0 Å². The first-order valence-electron chi connectivity index (χ1n) is 7.83. The van der Waals surface area contributed by atoms with E-state index in [2.05, 4.69) is 34.7 Å². The summed E-state index contributed by atoms with van der Waals surface area (Å²) < 4.78 is 33.4. The van der Waals surface area contributed by atoms with Crippen LogP contribution in [0.25, 0.3) is 0 Å². The third kappa shape index (κ3) is 4.07. The molecule has 0 unspecified atom stereocenters. The molecule has 130 valence electrons. The molecule has 0 atom stereocenters. The predicted molar refractivity (Wildman–Crippen MR) is 95.4 cm³/mol. The molecule has 0 aromatic heterocycles. The van der Waals surface area contributed by atoms with Gasteiger partial charge in [-0.05, 0) is 58.0 Å². The van der Waals surface area contributed by atoms with E-state index in [0.29, 0.717) is 11.8 Å². The molecule has 0 saturated carbocycles. The van der Waals surface area contributed by atoms with E-state index in [1.807, 2.05) is 0 Å². The Bertz CT molecular complexity index is 641. The van der Waals surface area contributed by atoms with Crippen LogP contribution < -0.4 is 4.74 Å². The smallest absolute Gasteiger partial charge is 0.246 e. The molecule has 1 aliphatic heterocycles. The van der Waals surface area contributed by atoms with E-state index in [1.165, 1.54) is 11.4 Å². The topological polar surface area (TPSA) is 49.9 Å². The van der Waals surface area contributed by atoms with Crippen molar-refractivity contribution in [1.29, 1.82) is 0 Å². The van der Waals surface area contributed by atoms with E-state index in [4.69, 9.17) is 4.74 Å². The van der Waals surface area contributed by atoms with Crippen molar-refractivity contribution in [2.45, 2.75) is 43.7 Å². The first-order chi connectivity index (χ1) is 10.8. The Balaban J connectivity index is 2.22. The van der Waals surface area contributed by atoms with Gasteiger partial charge in [-0.2, -0.15) is 4.31 Å². The molecule has 1 fully saturated rings. The van der Waals surface area contributed by atoms with Gasteiger partial charge in [-0.1, -0.05) is 15.9 Å². The summed E-state index contributed by atoms with van der Waals surface area (Å²) in [6.45, 7) is 6.20. The zero-order chi connectivity index (χ0) is 17.2. The quantitative estimate of drug-likeness (QED) is 0.756. The lowest BCUT2D eigenvalue weighted by Crippen LogP contribution is -2.47. The molecule has 1 aromatic rings. The van der Waals surface area contributed by atoms with Crippen LogP contribution in [0.4, 0.5) is 0 Å². The molecule has 0 spiro atoms. The molecule has 0 aliphatic carbocycles. The molecule has 0 radical (unpaired) electrons. The molecular weight excluding hydrogens is 380 g/mol. The molecule has 0 N–H and O–H groups in total. The van der Waals surface area contributed by atoms with Crippen LogP contribution in [-0.4, -0.2) is 57.0 Å². The minimum atomic E-state index is -3.58. The number of rotatable bonds is 5. The van der Waals surface area contributed by atoms with Crippen LogP contribution in [-0.2, 0) is 10.0 Å². The van der Waals surface area contributed by atoms with Gasteiger partial charge >= 0.3 is 0 Å². The number of benzene rings is 1. The van der Waals surface area contributed by atoms with Crippen LogP contribution in [0.1, 0.15) is 26.7 Å². The molecule has 1 heterocycles. The summed E-state index contributed by atoms with van der Waals surface area (Å²) in [6.07, 6.45) is 1.70. The van der Waals surface area contributed by atoms with Gasteiger partial charge in [0.1, 0.15) is 10.6 Å². The first kappa shape index (κ1) is 18.7. The Morgan fingerprint density at radius 1 is 1.30 bits per heavy atom. The van der Waals surface area contributed by atoms with Crippen molar-refractivity contribution in [1.82, 2.24) is 9.21 Å². The number of ether oxygens (including phenoxy) is 1. The zero-order valence-corrected chi connectivity index (χ0v) is 16.5. The van der Waals surface area contributed by atoms with Crippen LogP contribution in [0.15, 0.2) is 27.6 Å². The fraction of sp³-hybridized carbons (Fsp3) is 0.625. The SMILES string of the molecule is COc1ccc(Br)cc1S(=O)(=O)N(C)C1CCN(C(C)C)CC1. The Labute approximate surface area is 147 Å². The molecule has 0 bridgehead atoms. The number of halogens is 1. The second-order valence-electron chi connectivity index (χ2n) is 6.18. The van der Waals surface area contributed by atoms with Gasteiger partial charge in [0, 0.05) is 23.6 Å². The van der Waals surface area contributed by atoms with E-state index < -0.39 is 10.0 Å². The van der Waals surface area contributed by atoms with E-state index in [0.717, 1.165) is 30.4 Å². The number of likely N-dealkylation sites (tertiary alicyclic amines) is 1. The fourth-order valence-corrected chi connectivity index (χ4v) is 5.08. The van der Waals surface area contributed by atoms with Crippen molar-refractivity contribution in [3.8, 4) is 5.75 Å². The minimum Gasteiger partial charge on any atom is -0.495 e. The summed E-state index contributed by atoms with van der Waals surface area (Å²) in [4.78, 5) is 2.60. The Morgan fingerprint density at radius 2 is 1.91 bits per heavy atom. The van der Waals surface area contributed by atoms with Gasteiger partial charge in [-0.15, -0.1) is 0 Å².